The van der Waals surface area contributed by atoms with Crippen molar-refractivity contribution in [1.29, 1.82) is 0 Å². The van der Waals surface area contributed by atoms with Gasteiger partial charge in [-0.25, -0.2) is 4.79 Å². The van der Waals surface area contributed by atoms with Crippen LogP contribution >= 0.6 is 0 Å². The number of para-hydroxylation sites is 1. The molecule has 0 spiro atoms. The largest absolute Gasteiger partial charge is 0.346 e. The maximum absolute atomic E-state index is 10.8. The highest BCUT2D eigenvalue weighted by atomic mass is 16.7. The smallest absolute Gasteiger partial charge is 0.331 e. The summed E-state index contributed by atoms with van der Waals surface area (Å²) in [6.07, 6.45) is 3.18. The van der Waals surface area contributed by atoms with Crippen molar-refractivity contribution in [3.8, 4) is 0 Å². The molecular weight excluding hydrogens is 228 g/mol. The lowest BCUT2D eigenvalue weighted by Gasteiger charge is -1.99. The minimum Gasteiger partial charge on any atom is -0.346 e. The number of oxime groups is 1. The molecule has 3 rings (SSSR count). The number of hydrogen-bond acceptors (Lipinski definition) is 3. The molecule has 0 aliphatic carbocycles. The Morgan fingerprint density at radius 2 is 2.22 bits per heavy atom. The first-order chi connectivity index (χ1) is 8.66. The molecule has 0 atom stereocenters. The molecule has 0 bridgehead atoms. The van der Waals surface area contributed by atoms with Crippen molar-refractivity contribution in [1.82, 2.24) is 4.57 Å². The molecule has 0 unspecified atom stereocenters. The average molecular weight is 242 g/mol. The van der Waals surface area contributed by atoms with Crippen LogP contribution in [0.4, 0.5) is 0 Å². The minimum absolute atomic E-state index is 0.397. The van der Waals surface area contributed by atoms with Gasteiger partial charge in [0.25, 0.3) is 0 Å². The molecule has 0 fully saturated rings. The number of nitrogens with zero attached hydrogens (tertiary/aromatic N) is 2. The fraction of sp³-hybridized carbons (Fsp3) is 0.286. The Morgan fingerprint density at radius 3 is 3.00 bits per heavy atom. The Balaban J connectivity index is 2.11. The van der Waals surface area contributed by atoms with Crippen molar-refractivity contribution in [3.63, 3.8) is 0 Å². The summed E-state index contributed by atoms with van der Waals surface area (Å²) in [5.41, 5.74) is 4.42. The molecular formula is C14H14N2O2. The van der Waals surface area contributed by atoms with E-state index in [1.807, 2.05) is 6.92 Å². The summed E-state index contributed by atoms with van der Waals surface area (Å²) >= 11 is 0. The van der Waals surface area contributed by atoms with Gasteiger partial charge in [0, 0.05) is 30.6 Å². The zero-order chi connectivity index (χ0) is 12.7. The standard InChI is InChI=1S/C14H14N2O2/c1-9(15-18-10(2)17)13-8-16-7-6-11-4-3-5-12(13)14(11)16/h3-5,8H,6-7H2,1-2H3/b15-9+. The van der Waals surface area contributed by atoms with Crippen LogP contribution in [0.15, 0.2) is 29.6 Å². The number of benzene rings is 1. The highest BCUT2D eigenvalue weighted by Crippen LogP contribution is 2.30. The lowest BCUT2D eigenvalue weighted by Crippen LogP contribution is -1.99. The van der Waals surface area contributed by atoms with Crippen LogP contribution in [-0.2, 0) is 22.6 Å². The number of hydrogen-bond donors (Lipinski definition) is 0. The van der Waals surface area contributed by atoms with Crippen LogP contribution in [0.2, 0.25) is 0 Å². The van der Waals surface area contributed by atoms with Gasteiger partial charge in [0.15, 0.2) is 0 Å². The lowest BCUT2D eigenvalue weighted by atomic mass is 10.1. The van der Waals surface area contributed by atoms with Crippen LogP contribution < -0.4 is 0 Å². The van der Waals surface area contributed by atoms with E-state index in [0.717, 1.165) is 24.2 Å². The van der Waals surface area contributed by atoms with E-state index in [9.17, 15) is 4.79 Å². The van der Waals surface area contributed by atoms with E-state index in [1.54, 1.807) is 0 Å². The second-order valence-corrected chi connectivity index (χ2v) is 4.56. The second-order valence-electron chi connectivity index (χ2n) is 4.56. The van der Waals surface area contributed by atoms with Crippen LogP contribution in [0, 0.1) is 0 Å². The van der Waals surface area contributed by atoms with E-state index >= 15 is 0 Å². The predicted octanol–water partition coefficient (Wildman–Crippen LogP) is 2.48. The van der Waals surface area contributed by atoms with E-state index in [0.29, 0.717) is 0 Å². The van der Waals surface area contributed by atoms with Crippen molar-refractivity contribution >= 4 is 22.6 Å². The normalized spacial score (nSPS) is 14.2. The van der Waals surface area contributed by atoms with Crippen molar-refractivity contribution in [2.75, 3.05) is 0 Å². The quantitative estimate of drug-likeness (QED) is 0.461. The molecule has 0 amide bonds. The molecule has 1 aliphatic rings. The van der Waals surface area contributed by atoms with Crippen LogP contribution in [0.5, 0.6) is 0 Å². The van der Waals surface area contributed by atoms with E-state index in [2.05, 4.69) is 34.1 Å². The molecule has 4 heteroatoms. The first-order valence-electron chi connectivity index (χ1n) is 6.00. The third kappa shape index (κ3) is 1.61. The highest BCUT2D eigenvalue weighted by Gasteiger charge is 2.18. The summed E-state index contributed by atoms with van der Waals surface area (Å²) in [6, 6.07) is 6.31. The molecule has 2 aromatic rings. The van der Waals surface area contributed by atoms with Gasteiger partial charge in [-0.15, -0.1) is 0 Å². The zero-order valence-electron chi connectivity index (χ0n) is 10.4. The van der Waals surface area contributed by atoms with Gasteiger partial charge in [-0.3, -0.25) is 0 Å². The van der Waals surface area contributed by atoms with Crippen molar-refractivity contribution in [2.24, 2.45) is 5.16 Å². The maximum Gasteiger partial charge on any atom is 0.331 e. The molecule has 2 heterocycles. The monoisotopic (exact) mass is 242 g/mol. The summed E-state index contributed by atoms with van der Waals surface area (Å²) in [4.78, 5) is 15.5. The number of carbonyl (C=O) groups excluding carboxylic acids is 1. The zero-order valence-corrected chi connectivity index (χ0v) is 10.4. The second kappa shape index (κ2) is 3.98. The minimum atomic E-state index is -0.397. The highest BCUT2D eigenvalue weighted by molar-refractivity contribution is 6.10. The number of aromatic nitrogens is 1. The molecule has 0 radical (unpaired) electrons. The van der Waals surface area contributed by atoms with Gasteiger partial charge in [0.2, 0.25) is 0 Å². The Morgan fingerprint density at radius 1 is 1.39 bits per heavy atom. The van der Waals surface area contributed by atoms with Crippen LogP contribution in [0.3, 0.4) is 0 Å². The summed E-state index contributed by atoms with van der Waals surface area (Å²) in [5.74, 6) is -0.397. The first-order valence-corrected chi connectivity index (χ1v) is 6.00. The molecule has 1 aromatic heterocycles. The first kappa shape index (κ1) is 11.0. The molecule has 0 N–H and O–H groups in total. The Labute approximate surface area is 105 Å². The number of aryl methyl sites for hydroxylation is 2. The predicted molar refractivity (Wildman–Crippen MR) is 69.6 cm³/mol. The Hall–Kier alpha value is -2.10. The van der Waals surface area contributed by atoms with Gasteiger partial charge >= 0.3 is 5.97 Å². The molecule has 4 nitrogen and oxygen atoms in total. The van der Waals surface area contributed by atoms with Crippen molar-refractivity contribution in [3.05, 3.63) is 35.5 Å². The van der Waals surface area contributed by atoms with Crippen molar-refractivity contribution in [2.45, 2.75) is 26.8 Å². The molecule has 1 aromatic carbocycles. The molecule has 18 heavy (non-hydrogen) atoms. The third-order valence-corrected chi connectivity index (χ3v) is 3.30. The SMILES string of the molecule is CC(=O)O/N=C(\C)c1cn2c3c(cccc13)CC2. The van der Waals surface area contributed by atoms with Crippen LogP contribution in [0.1, 0.15) is 25.0 Å². The summed E-state index contributed by atoms with van der Waals surface area (Å²) in [7, 11) is 0. The molecule has 1 aliphatic heterocycles. The maximum atomic E-state index is 10.8. The Bertz CT molecular complexity index is 668. The van der Waals surface area contributed by atoms with E-state index in [4.69, 9.17) is 4.84 Å². The summed E-state index contributed by atoms with van der Waals surface area (Å²) in [5, 5.41) is 5.04. The van der Waals surface area contributed by atoms with E-state index in [1.165, 1.54) is 23.4 Å². The van der Waals surface area contributed by atoms with Gasteiger partial charge in [0.05, 0.1) is 11.2 Å². The average Bonchev–Trinajstić information content (AvgIpc) is 2.92. The fourth-order valence-electron chi connectivity index (χ4n) is 2.53. The fourth-order valence-corrected chi connectivity index (χ4v) is 2.53. The summed E-state index contributed by atoms with van der Waals surface area (Å²) in [6.45, 7) is 4.22. The third-order valence-electron chi connectivity index (χ3n) is 3.30. The Kier molecular flexibility index (Phi) is 2.44. The van der Waals surface area contributed by atoms with E-state index < -0.39 is 5.97 Å². The molecule has 0 saturated carbocycles. The summed E-state index contributed by atoms with van der Waals surface area (Å²) < 4.78 is 2.24. The van der Waals surface area contributed by atoms with Gasteiger partial charge in [-0.05, 0) is 18.9 Å². The number of rotatable bonds is 2. The van der Waals surface area contributed by atoms with Gasteiger partial charge in [-0.1, -0.05) is 23.4 Å². The van der Waals surface area contributed by atoms with Crippen LogP contribution in [0.25, 0.3) is 10.9 Å². The number of carbonyl (C=O) groups is 1. The molecule has 0 saturated heterocycles. The molecule has 92 valence electrons. The van der Waals surface area contributed by atoms with Gasteiger partial charge in [-0.2, -0.15) is 0 Å². The van der Waals surface area contributed by atoms with Gasteiger partial charge in [0.1, 0.15) is 0 Å². The van der Waals surface area contributed by atoms with E-state index in [-0.39, 0.29) is 0 Å². The topological polar surface area (TPSA) is 43.6 Å². The van der Waals surface area contributed by atoms with Gasteiger partial charge < -0.3 is 9.40 Å². The lowest BCUT2D eigenvalue weighted by molar-refractivity contribution is -0.140. The van der Waals surface area contributed by atoms with Crippen molar-refractivity contribution < 1.29 is 9.63 Å². The van der Waals surface area contributed by atoms with Crippen LogP contribution in [-0.4, -0.2) is 16.2 Å².